The van der Waals surface area contributed by atoms with Gasteiger partial charge in [-0.1, -0.05) is 72.8 Å². The molecule has 0 heterocycles. The number of fused-ring (bicyclic) bond motifs is 2. The molecule has 3 heteroatoms. The van der Waals surface area contributed by atoms with Crippen LogP contribution in [0.3, 0.4) is 0 Å². The Bertz CT molecular complexity index is 1090. The molecule has 0 fully saturated rings. The average Bonchev–Trinajstić information content (AvgIpc) is 2.71. The van der Waals surface area contributed by atoms with E-state index >= 15 is 0 Å². The lowest BCUT2D eigenvalue weighted by molar-refractivity contribution is 1.23. The molecule has 3 nitrogen and oxygen atoms in total. The molecule has 128 valence electrons. The van der Waals surface area contributed by atoms with Crippen molar-refractivity contribution in [3.05, 3.63) is 84.9 Å². The summed E-state index contributed by atoms with van der Waals surface area (Å²) in [7, 11) is 3.86. The van der Waals surface area contributed by atoms with Gasteiger partial charge in [-0.3, -0.25) is 4.99 Å². The van der Waals surface area contributed by atoms with Gasteiger partial charge in [-0.2, -0.15) is 0 Å². The van der Waals surface area contributed by atoms with Crippen LogP contribution in [0.4, 0.5) is 11.4 Å². The molecule has 0 saturated carbocycles. The summed E-state index contributed by atoms with van der Waals surface area (Å²) in [5.41, 5.74) is 2.17. The Morgan fingerprint density at radius 3 is 2.04 bits per heavy atom. The number of anilines is 2. The number of rotatable bonds is 2. The van der Waals surface area contributed by atoms with E-state index in [0.29, 0.717) is 0 Å². The molecule has 4 rings (SSSR count). The molecule has 4 aromatic carbocycles. The standard InChI is InChI=1S/C23H21N3/c1-24-23(25-21-15-7-11-17-9-3-5-13-19(17)21)26(2)22-16-8-12-18-10-4-6-14-20(18)22/h3-16H,1-2H3,(H,24,25). The topological polar surface area (TPSA) is 27.6 Å². The molecule has 0 spiro atoms. The van der Waals surface area contributed by atoms with Gasteiger partial charge in [0.15, 0.2) is 0 Å². The monoisotopic (exact) mass is 339 g/mol. The summed E-state index contributed by atoms with van der Waals surface area (Å²) in [6, 6.07) is 29.4. The first-order valence-corrected chi connectivity index (χ1v) is 8.71. The van der Waals surface area contributed by atoms with Crippen LogP contribution in [0.5, 0.6) is 0 Å². The van der Waals surface area contributed by atoms with Gasteiger partial charge < -0.3 is 10.2 Å². The third-order valence-electron chi connectivity index (χ3n) is 4.69. The largest absolute Gasteiger partial charge is 0.325 e. The Morgan fingerprint density at radius 2 is 1.31 bits per heavy atom. The molecule has 0 bridgehead atoms. The summed E-state index contributed by atoms with van der Waals surface area (Å²) in [4.78, 5) is 6.61. The minimum Gasteiger partial charge on any atom is -0.325 e. The molecule has 0 saturated heterocycles. The maximum Gasteiger partial charge on any atom is 0.202 e. The maximum atomic E-state index is 4.50. The van der Waals surface area contributed by atoms with E-state index < -0.39 is 0 Å². The van der Waals surface area contributed by atoms with Crippen LogP contribution in [0.25, 0.3) is 21.5 Å². The van der Waals surface area contributed by atoms with E-state index in [1.807, 2.05) is 14.1 Å². The second kappa shape index (κ2) is 6.89. The van der Waals surface area contributed by atoms with E-state index in [2.05, 4.69) is 100 Å². The Hall–Kier alpha value is -3.33. The van der Waals surface area contributed by atoms with Crippen LogP contribution in [0.15, 0.2) is 89.9 Å². The highest BCUT2D eigenvalue weighted by molar-refractivity contribution is 6.12. The SMILES string of the molecule is CN=C(Nc1cccc2ccccc12)N(C)c1cccc2ccccc12. The molecule has 4 aromatic rings. The summed E-state index contributed by atoms with van der Waals surface area (Å²) >= 11 is 0. The second-order valence-corrected chi connectivity index (χ2v) is 6.26. The maximum absolute atomic E-state index is 4.50. The summed E-state index contributed by atoms with van der Waals surface area (Å²) in [6.45, 7) is 0. The third-order valence-corrected chi connectivity index (χ3v) is 4.69. The molecule has 26 heavy (non-hydrogen) atoms. The van der Waals surface area contributed by atoms with Crippen molar-refractivity contribution in [1.82, 2.24) is 0 Å². The van der Waals surface area contributed by atoms with E-state index in [9.17, 15) is 0 Å². The molecule has 0 aliphatic heterocycles. The zero-order chi connectivity index (χ0) is 17.9. The fourth-order valence-corrected chi connectivity index (χ4v) is 3.36. The Kier molecular flexibility index (Phi) is 4.28. The van der Waals surface area contributed by atoms with Crippen LogP contribution >= 0.6 is 0 Å². The Morgan fingerprint density at radius 1 is 0.731 bits per heavy atom. The zero-order valence-electron chi connectivity index (χ0n) is 15.0. The molecular formula is C23H21N3. The van der Waals surface area contributed by atoms with Crippen LogP contribution in [-0.2, 0) is 0 Å². The van der Waals surface area contributed by atoms with Crippen molar-refractivity contribution in [3.8, 4) is 0 Å². The number of aliphatic imine (C=N–C) groups is 1. The Balaban J connectivity index is 1.73. The first kappa shape index (κ1) is 16.2. The van der Waals surface area contributed by atoms with Crippen molar-refractivity contribution in [2.75, 3.05) is 24.3 Å². The minimum absolute atomic E-state index is 0.803. The van der Waals surface area contributed by atoms with Gasteiger partial charge in [0.25, 0.3) is 0 Å². The van der Waals surface area contributed by atoms with E-state index in [4.69, 9.17) is 0 Å². The van der Waals surface area contributed by atoms with E-state index in [1.165, 1.54) is 21.5 Å². The second-order valence-electron chi connectivity index (χ2n) is 6.26. The van der Waals surface area contributed by atoms with Crippen LogP contribution in [0.2, 0.25) is 0 Å². The number of benzene rings is 4. The fourth-order valence-electron chi connectivity index (χ4n) is 3.36. The zero-order valence-corrected chi connectivity index (χ0v) is 15.0. The number of hydrogen-bond donors (Lipinski definition) is 1. The van der Waals surface area contributed by atoms with Crippen molar-refractivity contribution >= 4 is 38.9 Å². The summed E-state index contributed by atoms with van der Waals surface area (Å²) in [5.74, 6) is 0.803. The third kappa shape index (κ3) is 2.88. The van der Waals surface area contributed by atoms with Gasteiger partial charge in [-0.05, 0) is 22.9 Å². The van der Waals surface area contributed by atoms with Crippen molar-refractivity contribution in [1.29, 1.82) is 0 Å². The van der Waals surface area contributed by atoms with Crippen LogP contribution < -0.4 is 10.2 Å². The molecule has 0 radical (unpaired) electrons. The molecule has 0 aromatic heterocycles. The Labute approximate surface area is 153 Å². The first-order valence-electron chi connectivity index (χ1n) is 8.71. The number of nitrogens with one attached hydrogen (secondary N) is 1. The van der Waals surface area contributed by atoms with E-state index in [-0.39, 0.29) is 0 Å². The highest BCUT2D eigenvalue weighted by Crippen LogP contribution is 2.28. The smallest absolute Gasteiger partial charge is 0.202 e. The highest BCUT2D eigenvalue weighted by atomic mass is 15.3. The lowest BCUT2D eigenvalue weighted by Crippen LogP contribution is -2.33. The lowest BCUT2D eigenvalue weighted by atomic mass is 10.1. The first-order chi connectivity index (χ1) is 12.8. The summed E-state index contributed by atoms with van der Waals surface area (Å²) < 4.78 is 0. The molecular weight excluding hydrogens is 318 g/mol. The van der Waals surface area contributed by atoms with Gasteiger partial charge in [0.1, 0.15) is 0 Å². The van der Waals surface area contributed by atoms with Gasteiger partial charge in [0, 0.05) is 30.6 Å². The van der Waals surface area contributed by atoms with Crippen LogP contribution in [-0.4, -0.2) is 20.1 Å². The van der Waals surface area contributed by atoms with E-state index in [0.717, 1.165) is 17.3 Å². The molecule has 0 amide bonds. The summed E-state index contributed by atoms with van der Waals surface area (Å²) in [6.07, 6.45) is 0. The van der Waals surface area contributed by atoms with Crippen molar-refractivity contribution in [3.63, 3.8) is 0 Å². The molecule has 0 atom stereocenters. The fraction of sp³-hybridized carbons (Fsp3) is 0.0870. The quantitative estimate of drug-likeness (QED) is 0.384. The summed E-state index contributed by atoms with van der Waals surface area (Å²) in [5, 5.41) is 8.33. The predicted molar refractivity (Wildman–Crippen MR) is 113 cm³/mol. The normalized spacial score (nSPS) is 11.7. The number of nitrogens with zero attached hydrogens (tertiary/aromatic N) is 2. The molecule has 1 N–H and O–H groups in total. The van der Waals surface area contributed by atoms with Gasteiger partial charge >= 0.3 is 0 Å². The van der Waals surface area contributed by atoms with Gasteiger partial charge in [-0.15, -0.1) is 0 Å². The predicted octanol–water partition coefficient (Wildman–Crippen LogP) is 5.53. The van der Waals surface area contributed by atoms with Crippen molar-refractivity contribution < 1.29 is 0 Å². The number of guanidine groups is 1. The minimum atomic E-state index is 0.803. The van der Waals surface area contributed by atoms with Crippen molar-refractivity contribution in [2.24, 2.45) is 4.99 Å². The number of hydrogen-bond acceptors (Lipinski definition) is 1. The van der Waals surface area contributed by atoms with E-state index in [1.54, 1.807) is 0 Å². The van der Waals surface area contributed by atoms with Gasteiger partial charge in [0.05, 0.1) is 5.69 Å². The molecule has 0 aliphatic carbocycles. The lowest BCUT2D eigenvalue weighted by Gasteiger charge is -2.24. The van der Waals surface area contributed by atoms with Gasteiger partial charge in [0.2, 0.25) is 5.96 Å². The molecule has 0 aliphatic rings. The van der Waals surface area contributed by atoms with Crippen LogP contribution in [0.1, 0.15) is 0 Å². The van der Waals surface area contributed by atoms with Gasteiger partial charge in [-0.25, -0.2) is 0 Å². The molecule has 0 unspecified atom stereocenters. The average molecular weight is 339 g/mol. The highest BCUT2D eigenvalue weighted by Gasteiger charge is 2.12. The van der Waals surface area contributed by atoms with Crippen molar-refractivity contribution in [2.45, 2.75) is 0 Å². The van der Waals surface area contributed by atoms with Crippen LogP contribution in [0, 0.1) is 0 Å².